The largest absolute Gasteiger partial charge is 0.462 e. The highest BCUT2D eigenvalue weighted by atomic mass is 16.7. The fourth-order valence-electron chi connectivity index (χ4n) is 12.9. The Bertz CT molecular complexity index is 1600. The lowest BCUT2D eigenvalue weighted by molar-refractivity contribution is -0.932. The second kappa shape index (κ2) is 26.9. The first-order chi connectivity index (χ1) is 32.5. The molecule has 3 saturated heterocycles. The number of rotatable bonds is 23. The van der Waals surface area contributed by atoms with Gasteiger partial charge in [0.05, 0.1) is 57.3 Å². The van der Waals surface area contributed by atoms with E-state index in [2.05, 4.69) is 43.9 Å². The number of carbonyl (C=O) groups excluding carboxylic acids is 3. The third kappa shape index (κ3) is 14.2. The minimum atomic E-state index is -0.616. The van der Waals surface area contributed by atoms with Crippen molar-refractivity contribution >= 4 is 17.7 Å². The summed E-state index contributed by atoms with van der Waals surface area (Å²) in [6.07, 6.45) is 24.3. The lowest BCUT2D eigenvalue weighted by Gasteiger charge is -2.45. The summed E-state index contributed by atoms with van der Waals surface area (Å²) in [6.45, 7) is 17.2. The maximum Gasteiger partial charge on any atom is 0.320 e. The van der Waals surface area contributed by atoms with Crippen LogP contribution < -0.4 is 0 Å². The van der Waals surface area contributed by atoms with Gasteiger partial charge in [-0.25, -0.2) is 0 Å². The molecule has 0 spiro atoms. The number of ketones is 1. The quantitative estimate of drug-likeness (QED) is 0.0422. The van der Waals surface area contributed by atoms with E-state index >= 15 is 0 Å². The first-order valence-electron chi connectivity index (χ1n) is 27.3. The first-order valence-corrected chi connectivity index (χ1v) is 27.3. The molecule has 0 N–H and O–H groups in total. The van der Waals surface area contributed by atoms with Gasteiger partial charge in [-0.2, -0.15) is 0 Å². The van der Waals surface area contributed by atoms with Crippen molar-refractivity contribution in [3.63, 3.8) is 0 Å². The van der Waals surface area contributed by atoms with Crippen molar-refractivity contribution in [2.24, 2.45) is 35.5 Å². The molecule has 0 bridgehead atoms. The number of unbranched alkanes of at least 4 members (excludes halogenated alkanes) is 10. The van der Waals surface area contributed by atoms with E-state index in [0.29, 0.717) is 31.3 Å². The highest BCUT2D eigenvalue weighted by Gasteiger charge is 2.53. The molecule has 12 heteroatoms. The van der Waals surface area contributed by atoms with Gasteiger partial charge in [0.2, 0.25) is 0 Å². The fraction of sp³-hybridized carbons (Fsp3) is 0.873. The molecule has 1 saturated carbocycles. The van der Waals surface area contributed by atoms with Crippen LogP contribution in [0, 0.1) is 35.5 Å². The number of carbonyl (C=O) groups is 3. The molecule has 4 fully saturated rings. The molecule has 6 aliphatic rings. The average Bonchev–Trinajstić information content (AvgIpc) is 3.91. The van der Waals surface area contributed by atoms with Crippen LogP contribution in [0.3, 0.4) is 0 Å². The minimum Gasteiger partial charge on any atom is -0.462 e. The summed E-state index contributed by atoms with van der Waals surface area (Å²) < 4.78 is 44.2. The monoisotopic (exact) mass is 942 g/mol. The van der Waals surface area contributed by atoms with Crippen molar-refractivity contribution in [2.75, 3.05) is 67.1 Å². The van der Waals surface area contributed by atoms with E-state index < -0.39 is 24.4 Å². The topological polar surface area (TPSA) is 119 Å². The number of allylic oxidation sites excluding steroid dienone is 4. The zero-order chi connectivity index (χ0) is 47.9. The number of piperazine rings is 1. The van der Waals surface area contributed by atoms with E-state index in [4.69, 9.17) is 33.2 Å². The van der Waals surface area contributed by atoms with Crippen LogP contribution in [-0.2, 0) is 47.5 Å². The highest BCUT2D eigenvalue weighted by molar-refractivity contribution is 5.99. The Balaban J connectivity index is 1.07. The van der Waals surface area contributed by atoms with Crippen molar-refractivity contribution in [2.45, 2.75) is 206 Å². The van der Waals surface area contributed by atoms with Gasteiger partial charge in [-0.15, -0.1) is 0 Å². The number of Topliss-reactive ketones (excluding diaryl/α,β-unsaturated/α-hetero) is 1. The molecular weight excluding hydrogens is 849 g/mol. The molecule has 0 aromatic heterocycles. The Morgan fingerprint density at radius 1 is 0.776 bits per heavy atom. The predicted octanol–water partition coefficient (Wildman–Crippen LogP) is 9.41. The second-order valence-electron chi connectivity index (χ2n) is 21.5. The summed E-state index contributed by atoms with van der Waals surface area (Å²) in [6, 6.07) is 0. The minimum absolute atomic E-state index is 0.00668. The Morgan fingerprint density at radius 3 is 2.09 bits per heavy atom. The number of cyclic esters (lactones) is 1. The molecule has 0 unspecified atom stereocenters. The lowest BCUT2D eigenvalue weighted by Crippen LogP contribution is -2.60. The zero-order valence-electron chi connectivity index (χ0n) is 43.2. The molecule has 67 heavy (non-hydrogen) atoms. The number of nitrogens with zero attached hydrogens (tertiary/aromatic N) is 2. The summed E-state index contributed by atoms with van der Waals surface area (Å²) in [5.41, 5.74) is 0.695. The van der Waals surface area contributed by atoms with Crippen molar-refractivity contribution < 1.29 is 52.0 Å². The smallest absolute Gasteiger partial charge is 0.320 e. The molecule has 14 atom stereocenters. The molecule has 382 valence electrons. The van der Waals surface area contributed by atoms with Gasteiger partial charge >= 0.3 is 11.9 Å². The van der Waals surface area contributed by atoms with Crippen LogP contribution in [0.4, 0.5) is 0 Å². The van der Waals surface area contributed by atoms with Crippen LogP contribution in [-0.4, -0.2) is 143 Å². The van der Waals surface area contributed by atoms with E-state index in [1.54, 1.807) is 21.3 Å². The van der Waals surface area contributed by atoms with Crippen LogP contribution >= 0.6 is 0 Å². The Morgan fingerprint density at radius 2 is 1.43 bits per heavy atom. The summed E-state index contributed by atoms with van der Waals surface area (Å²) >= 11 is 0. The normalized spacial score (nSPS) is 35.7. The van der Waals surface area contributed by atoms with E-state index in [1.165, 1.54) is 94.6 Å². The van der Waals surface area contributed by atoms with Gasteiger partial charge in [0, 0.05) is 40.3 Å². The molecule has 0 aromatic carbocycles. The lowest BCUT2D eigenvalue weighted by atomic mass is 9.70. The van der Waals surface area contributed by atoms with Gasteiger partial charge < -0.3 is 37.6 Å². The van der Waals surface area contributed by atoms with E-state index in [9.17, 15) is 14.4 Å². The van der Waals surface area contributed by atoms with Crippen LogP contribution in [0.2, 0.25) is 0 Å². The van der Waals surface area contributed by atoms with Crippen LogP contribution in [0.15, 0.2) is 23.8 Å². The van der Waals surface area contributed by atoms with Gasteiger partial charge in [-0.1, -0.05) is 104 Å². The summed E-state index contributed by atoms with van der Waals surface area (Å²) in [5.74, 6) is -0.766. The van der Waals surface area contributed by atoms with E-state index in [1.807, 2.05) is 13.8 Å². The number of esters is 2. The summed E-state index contributed by atoms with van der Waals surface area (Å²) in [5, 5.41) is 0. The fourth-order valence-corrected chi connectivity index (χ4v) is 12.9. The first kappa shape index (κ1) is 54.1. The summed E-state index contributed by atoms with van der Waals surface area (Å²) in [4.78, 5) is 44.7. The number of methoxy groups -OCH3 is 3. The Kier molecular flexibility index (Phi) is 21.7. The number of quaternary nitrogens is 1. The highest BCUT2D eigenvalue weighted by Crippen LogP contribution is 2.54. The van der Waals surface area contributed by atoms with Gasteiger partial charge in [-0.05, 0) is 94.0 Å². The van der Waals surface area contributed by atoms with E-state index in [-0.39, 0.29) is 90.8 Å². The standard InChI is InChI=1S/C55H93N2O10/c1-9-12-14-15-16-17-18-19-20-21-30-57(29-13-10-2)31-27-56(28-32-57)37-50(59)67-48-24-22-23-41(11-3)65-49(58)36-46-43-26-25-40-33-42(34-44(40)45(43)35-47(46)51(60)38(48)4)66-55-54(63-8)53(62-7)52(61-6)39(5)64-55/h25-26,35,38-46,48,52-55H,9-24,27-34,36-37H2,1-8H3/q+1/t38-,39+,40-,41+,42-,43-,44-,45-,46+,48+,52+,53-,54-,55+/m1/s1. The number of hydrogen-bond donors (Lipinski definition) is 0. The van der Waals surface area contributed by atoms with Crippen molar-refractivity contribution in [3.8, 4) is 0 Å². The maximum atomic E-state index is 14.9. The molecule has 3 heterocycles. The van der Waals surface area contributed by atoms with Crippen LogP contribution in [0.25, 0.3) is 0 Å². The number of ether oxygens (including phenoxy) is 7. The van der Waals surface area contributed by atoms with Gasteiger partial charge in [0.15, 0.2) is 12.1 Å². The zero-order valence-corrected chi connectivity index (χ0v) is 43.2. The molecule has 0 radical (unpaired) electrons. The number of fused-ring (bicyclic) bond motifs is 5. The van der Waals surface area contributed by atoms with Crippen LogP contribution in [0.5, 0.6) is 0 Å². The molecule has 12 nitrogen and oxygen atoms in total. The predicted molar refractivity (Wildman–Crippen MR) is 261 cm³/mol. The second-order valence-corrected chi connectivity index (χ2v) is 21.5. The average molecular weight is 942 g/mol. The SMILES string of the molecule is CCCCCCCCCCCC[N+]1(CCCC)CCN(CC(=O)O[C@H]2CCC[C@H](CC)OC(=O)C[C@@H]3C(=C[C@@H]4[C@H]3C=C[C@@H]3C[C@@H](O[C@@H]5O[C@@H](C)[C@H](OC)[C@@H](OC)[C@H]5OC)C[C@@H]43)C(=O)[C@@H]2C)CC1. The molecule has 0 amide bonds. The van der Waals surface area contributed by atoms with Gasteiger partial charge in [0.25, 0.3) is 0 Å². The van der Waals surface area contributed by atoms with Gasteiger partial charge in [-0.3, -0.25) is 19.3 Å². The molecule has 6 rings (SSSR count). The van der Waals surface area contributed by atoms with E-state index in [0.717, 1.165) is 39.0 Å². The third-order valence-corrected chi connectivity index (χ3v) is 17.0. The van der Waals surface area contributed by atoms with Crippen molar-refractivity contribution in [3.05, 3.63) is 23.8 Å². The van der Waals surface area contributed by atoms with Crippen molar-refractivity contribution in [1.29, 1.82) is 0 Å². The molecular formula is C55H93N2O10+. The molecule has 3 aliphatic carbocycles. The third-order valence-electron chi connectivity index (χ3n) is 17.0. The van der Waals surface area contributed by atoms with Crippen molar-refractivity contribution in [1.82, 2.24) is 4.90 Å². The Labute approximate surface area is 405 Å². The maximum absolute atomic E-state index is 14.9. The molecule has 3 aliphatic heterocycles. The molecule has 0 aromatic rings. The van der Waals surface area contributed by atoms with Crippen LogP contribution in [0.1, 0.15) is 157 Å². The Hall–Kier alpha value is -2.19. The van der Waals surface area contributed by atoms with Gasteiger partial charge in [0.1, 0.15) is 30.5 Å². The summed E-state index contributed by atoms with van der Waals surface area (Å²) in [7, 11) is 4.97. The number of hydrogen-bond acceptors (Lipinski definition) is 11.